The summed E-state index contributed by atoms with van der Waals surface area (Å²) in [5.41, 5.74) is -1.70. The van der Waals surface area contributed by atoms with Crippen LogP contribution in [-0.2, 0) is 24.2 Å². The minimum Gasteiger partial charge on any atom is -0.726 e. The van der Waals surface area contributed by atoms with Crippen LogP contribution in [-0.4, -0.2) is 30.1 Å². The minimum atomic E-state index is -5.11. The molecule has 0 aliphatic heterocycles. The topological polar surface area (TPSA) is 137 Å². The fourth-order valence-corrected chi connectivity index (χ4v) is 7.27. The standard InChI is InChI=1S/C42H78O6S.H3N/c1-6-8-10-12-14-16-18-20-22-24-26-28-30-32-34-36-39(43)41(42(5,38(3)4)48-49(45,46)47)40(44)37-35-33-31-29-27-25-23-21-19-17-15-13-11-9-7-2;/h20-23,38,41H,6-19,24-37H2,1-5H3,(H,45,46,47);1H3/b22-20-,23-21-;. The molecular weight excluding hydrogens is 647 g/mol. The molecule has 0 aliphatic rings. The molecule has 8 heteroatoms. The highest BCUT2D eigenvalue weighted by Gasteiger charge is 2.47. The van der Waals surface area contributed by atoms with E-state index in [2.05, 4.69) is 38.2 Å². The number of carbonyl (C=O) groups excluding carboxylic acids is 2. The van der Waals surface area contributed by atoms with E-state index >= 15 is 0 Å². The summed E-state index contributed by atoms with van der Waals surface area (Å²) in [7, 11) is -5.11. The summed E-state index contributed by atoms with van der Waals surface area (Å²) in [6, 6.07) is 0. The molecule has 296 valence electrons. The van der Waals surface area contributed by atoms with Gasteiger partial charge in [-0.2, -0.15) is 0 Å². The van der Waals surface area contributed by atoms with Gasteiger partial charge in [0.15, 0.2) is 0 Å². The van der Waals surface area contributed by atoms with E-state index in [9.17, 15) is 22.6 Å². The van der Waals surface area contributed by atoms with Crippen molar-refractivity contribution in [3.63, 3.8) is 0 Å². The van der Waals surface area contributed by atoms with Crippen LogP contribution in [0.15, 0.2) is 24.3 Å². The van der Waals surface area contributed by atoms with Crippen LogP contribution in [0, 0.1) is 11.8 Å². The van der Waals surface area contributed by atoms with Gasteiger partial charge in [-0.1, -0.05) is 155 Å². The third kappa shape index (κ3) is 28.3. The van der Waals surface area contributed by atoms with Gasteiger partial charge in [-0.25, -0.2) is 8.42 Å². The molecule has 0 spiro atoms. The summed E-state index contributed by atoms with van der Waals surface area (Å²) >= 11 is 0. The van der Waals surface area contributed by atoms with Crippen LogP contribution in [0.5, 0.6) is 0 Å². The van der Waals surface area contributed by atoms with Gasteiger partial charge in [0.05, 0.1) is 0 Å². The van der Waals surface area contributed by atoms with Crippen molar-refractivity contribution in [1.29, 1.82) is 0 Å². The Labute approximate surface area is 310 Å². The van der Waals surface area contributed by atoms with Crippen LogP contribution in [0.1, 0.15) is 214 Å². The van der Waals surface area contributed by atoms with Crippen molar-refractivity contribution in [2.75, 3.05) is 0 Å². The number of allylic oxidation sites excluding steroid dienone is 4. The van der Waals surface area contributed by atoms with Gasteiger partial charge in [0.2, 0.25) is 10.4 Å². The molecule has 0 heterocycles. The zero-order valence-corrected chi connectivity index (χ0v) is 34.4. The van der Waals surface area contributed by atoms with E-state index in [4.69, 9.17) is 4.18 Å². The van der Waals surface area contributed by atoms with Gasteiger partial charge in [0, 0.05) is 12.8 Å². The maximum Gasteiger partial charge on any atom is 0.218 e. The summed E-state index contributed by atoms with van der Waals surface area (Å²) in [6.45, 7) is 9.32. The molecule has 0 fully saturated rings. The van der Waals surface area contributed by atoms with Crippen LogP contribution in [0.3, 0.4) is 0 Å². The maximum absolute atomic E-state index is 13.5. The van der Waals surface area contributed by atoms with Crippen LogP contribution in [0.25, 0.3) is 0 Å². The Morgan fingerprint density at radius 3 is 1.12 bits per heavy atom. The van der Waals surface area contributed by atoms with E-state index in [0.717, 1.165) is 77.0 Å². The lowest BCUT2D eigenvalue weighted by Crippen LogP contribution is -2.51. The Morgan fingerprint density at radius 1 is 0.560 bits per heavy atom. The summed E-state index contributed by atoms with van der Waals surface area (Å²) in [5.74, 6) is -2.40. The van der Waals surface area contributed by atoms with Crippen molar-refractivity contribution in [3.8, 4) is 0 Å². The molecule has 0 saturated heterocycles. The van der Waals surface area contributed by atoms with E-state index in [1.807, 2.05) is 0 Å². The van der Waals surface area contributed by atoms with E-state index in [0.29, 0.717) is 12.8 Å². The summed E-state index contributed by atoms with van der Waals surface area (Å²) in [6.07, 6.45) is 39.4. The molecule has 0 aromatic rings. The maximum atomic E-state index is 13.5. The first-order chi connectivity index (χ1) is 23.5. The molecule has 1 unspecified atom stereocenters. The van der Waals surface area contributed by atoms with Crippen LogP contribution in [0.4, 0.5) is 0 Å². The Bertz CT molecular complexity index is 925. The van der Waals surface area contributed by atoms with Crippen LogP contribution < -0.4 is 6.15 Å². The predicted octanol–water partition coefficient (Wildman–Crippen LogP) is 13.1. The van der Waals surface area contributed by atoms with Gasteiger partial charge in [-0.05, 0) is 77.0 Å². The zero-order chi connectivity index (χ0) is 36.6. The summed E-state index contributed by atoms with van der Waals surface area (Å²) in [4.78, 5) is 27.0. The van der Waals surface area contributed by atoms with E-state index < -0.39 is 27.8 Å². The second kappa shape index (κ2) is 33.5. The van der Waals surface area contributed by atoms with Crippen molar-refractivity contribution in [2.24, 2.45) is 11.8 Å². The van der Waals surface area contributed by atoms with Crippen molar-refractivity contribution >= 4 is 22.0 Å². The molecule has 0 aromatic carbocycles. The first-order valence-electron chi connectivity index (χ1n) is 20.5. The lowest BCUT2D eigenvalue weighted by atomic mass is 9.73. The smallest absolute Gasteiger partial charge is 0.218 e. The molecule has 4 N–H and O–H groups in total. The number of hydrogen-bond donors (Lipinski definition) is 1. The van der Waals surface area contributed by atoms with Crippen LogP contribution >= 0.6 is 0 Å². The van der Waals surface area contributed by atoms with Crippen molar-refractivity contribution in [3.05, 3.63) is 24.3 Å². The SMILES string of the molecule is CCCCCCCC/C=C\CCCCCCCC(=O)C(C(=O)CCCCCCC/C=C\CCCCCCCC)C(C)(OS(=O)(=O)[O-])C(C)C.[NH4+]. The average Bonchev–Trinajstić information content (AvgIpc) is 3.03. The normalized spacial score (nSPS) is 13.4. The predicted molar refractivity (Wildman–Crippen MR) is 212 cm³/mol. The molecule has 1 atom stereocenters. The van der Waals surface area contributed by atoms with Gasteiger partial charge < -0.3 is 10.7 Å². The summed E-state index contributed by atoms with van der Waals surface area (Å²) in [5, 5.41) is 0. The van der Waals surface area contributed by atoms with Crippen molar-refractivity contribution < 1.29 is 26.7 Å². The first-order valence-corrected chi connectivity index (χ1v) is 21.8. The Kier molecular flexibility index (Phi) is 34.0. The van der Waals surface area contributed by atoms with Gasteiger partial charge in [0.1, 0.15) is 23.1 Å². The largest absolute Gasteiger partial charge is 0.726 e. The van der Waals surface area contributed by atoms with E-state index in [1.54, 1.807) is 13.8 Å². The third-order valence-electron chi connectivity index (χ3n) is 10.0. The number of quaternary nitrogens is 1. The Balaban J connectivity index is 0. The van der Waals surface area contributed by atoms with Gasteiger partial charge in [0.25, 0.3) is 0 Å². The highest BCUT2D eigenvalue weighted by Crippen LogP contribution is 2.35. The number of ketones is 2. The van der Waals surface area contributed by atoms with Gasteiger partial charge in [-0.3, -0.25) is 13.8 Å². The highest BCUT2D eigenvalue weighted by molar-refractivity contribution is 7.80. The number of rotatable bonds is 36. The summed E-state index contributed by atoms with van der Waals surface area (Å²) < 4.78 is 40.1. The van der Waals surface area contributed by atoms with Crippen LogP contribution in [0.2, 0.25) is 0 Å². The number of Topliss-reactive ketones (excluding diaryl/α,β-unsaturated/α-hetero) is 2. The number of unbranched alkanes of at least 4 members (excludes halogenated alkanes) is 22. The van der Waals surface area contributed by atoms with E-state index in [1.165, 1.54) is 84.0 Å². The monoisotopic (exact) mass is 728 g/mol. The second-order valence-electron chi connectivity index (χ2n) is 14.9. The molecule has 0 amide bonds. The second-order valence-corrected chi connectivity index (χ2v) is 15.8. The number of hydrogen-bond acceptors (Lipinski definition) is 6. The minimum absolute atomic E-state index is 0. The molecule has 0 rings (SSSR count). The fourth-order valence-electron chi connectivity index (χ4n) is 6.55. The Hall–Kier alpha value is -1.35. The lowest BCUT2D eigenvalue weighted by Gasteiger charge is -2.39. The molecule has 50 heavy (non-hydrogen) atoms. The molecular formula is C42H81NO6S. The van der Waals surface area contributed by atoms with Crippen molar-refractivity contribution in [1.82, 2.24) is 6.15 Å². The molecule has 0 aliphatic carbocycles. The highest BCUT2D eigenvalue weighted by atomic mass is 32.3. The molecule has 0 aromatic heterocycles. The third-order valence-corrected chi connectivity index (χ3v) is 10.6. The average molecular weight is 728 g/mol. The first kappa shape index (κ1) is 50.8. The quantitative estimate of drug-likeness (QED) is 0.0224. The zero-order valence-electron chi connectivity index (χ0n) is 33.6. The van der Waals surface area contributed by atoms with Gasteiger partial charge >= 0.3 is 0 Å². The Morgan fingerprint density at radius 2 is 0.840 bits per heavy atom. The van der Waals surface area contributed by atoms with Gasteiger partial charge in [-0.15, -0.1) is 0 Å². The number of carbonyl (C=O) groups is 2. The molecule has 0 saturated carbocycles. The lowest BCUT2D eigenvalue weighted by molar-refractivity contribution is -0.144. The molecule has 0 radical (unpaired) electrons. The fraction of sp³-hybridized carbons (Fsp3) is 0.857. The van der Waals surface area contributed by atoms with Crippen molar-refractivity contribution in [2.45, 2.75) is 220 Å². The molecule has 0 bridgehead atoms. The van der Waals surface area contributed by atoms with E-state index in [-0.39, 0.29) is 30.6 Å². The molecule has 7 nitrogen and oxygen atoms in total.